The van der Waals surface area contributed by atoms with Crippen LogP contribution in [0.2, 0.25) is 0 Å². The normalized spacial score (nSPS) is 15.4. The molecule has 1 saturated heterocycles. The van der Waals surface area contributed by atoms with Crippen LogP contribution in [0.25, 0.3) is 17.4 Å². The molecule has 7 nitrogen and oxygen atoms in total. The summed E-state index contributed by atoms with van der Waals surface area (Å²) in [6.07, 6.45) is 1.55. The molecule has 0 unspecified atom stereocenters. The van der Waals surface area contributed by atoms with E-state index in [1.54, 1.807) is 30.3 Å². The summed E-state index contributed by atoms with van der Waals surface area (Å²) in [6, 6.07) is 9.66. The lowest BCUT2D eigenvalue weighted by atomic mass is 10.1. The first-order valence-corrected chi connectivity index (χ1v) is 8.87. The van der Waals surface area contributed by atoms with Crippen molar-refractivity contribution in [2.75, 3.05) is 13.7 Å². The maximum atomic E-state index is 12.4. The SMILES string of the molecule is COC(=O)CN1C(=O)/C(=C/c2ccc(-c3ccc(C(=O)O)cc3)o2)SC1=S. The number of esters is 1. The molecule has 1 aliphatic rings. The standard InChI is InChI=1S/C18H13NO6S2/c1-24-15(20)9-19-16(21)14(27-18(19)26)8-12-6-7-13(25-12)10-2-4-11(5-3-10)17(22)23/h2-8H,9H2,1H3,(H,22,23)/b14-8-. The molecule has 1 aromatic carbocycles. The first kappa shape index (κ1) is 18.9. The van der Waals surface area contributed by atoms with Crippen LogP contribution in [0, 0.1) is 0 Å². The number of rotatable bonds is 5. The third-order valence-corrected chi connectivity index (χ3v) is 5.08. The number of aromatic carboxylic acids is 1. The molecule has 1 fully saturated rings. The average Bonchev–Trinajstić information content (AvgIpc) is 3.22. The molecule has 1 amide bonds. The molecule has 0 bridgehead atoms. The number of thioether (sulfide) groups is 1. The quantitative estimate of drug-likeness (QED) is 0.462. The van der Waals surface area contributed by atoms with Gasteiger partial charge < -0.3 is 14.3 Å². The lowest BCUT2D eigenvalue weighted by molar-refractivity contribution is -0.143. The molecule has 0 saturated carbocycles. The highest BCUT2D eigenvalue weighted by Gasteiger charge is 2.33. The summed E-state index contributed by atoms with van der Waals surface area (Å²) < 4.78 is 10.5. The number of ether oxygens (including phenoxy) is 1. The second kappa shape index (κ2) is 7.77. The van der Waals surface area contributed by atoms with Crippen molar-refractivity contribution in [3.05, 3.63) is 52.6 Å². The van der Waals surface area contributed by atoms with E-state index in [-0.39, 0.29) is 22.3 Å². The number of hydrogen-bond donors (Lipinski definition) is 1. The van der Waals surface area contributed by atoms with Crippen LogP contribution in [-0.2, 0) is 14.3 Å². The molecule has 0 atom stereocenters. The van der Waals surface area contributed by atoms with Gasteiger partial charge in [0, 0.05) is 11.6 Å². The predicted molar refractivity (Wildman–Crippen MR) is 103 cm³/mol. The monoisotopic (exact) mass is 403 g/mol. The number of thiocarbonyl (C=S) groups is 1. The van der Waals surface area contributed by atoms with Crippen LogP contribution in [0.15, 0.2) is 45.7 Å². The van der Waals surface area contributed by atoms with Gasteiger partial charge in [0.15, 0.2) is 0 Å². The van der Waals surface area contributed by atoms with Crippen LogP contribution in [0.1, 0.15) is 16.1 Å². The highest BCUT2D eigenvalue weighted by atomic mass is 32.2. The first-order valence-electron chi connectivity index (χ1n) is 7.65. The minimum absolute atomic E-state index is 0.180. The Bertz CT molecular complexity index is 960. The molecule has 3 rings (SSSR count). The van der Waals surface area contributed by atoms with Crippen molar-refractivity contribution < 1.29 is 28.6 Å². The summed E-state index contributed by atoms with van der Waals surface area (Å²) in [5.74, 6) is -0.985. The van der Waals surface area contributed by atoms with Gasteiger partial charge in [-0.05, 0) is 24.3 Å². The van der Waals surface area contributed by atoms with Crippen molar-refractivity contribution in [3.8, 4) is 11.3 Å². The molecule has 1 aliphatic heterocycles. The van der Waals surface area contributed by atoms with E-state index in [0.717, 1.165) is 11.8 Å². The van der Waals surface area contributed by atoms with Crippen LogP contribution in [0.4, 0.5) is 0 Å². The Morgan fingerprint density at radius 3 is 2.59 bits per heavy atom. The molecule has 138 valence electrons. The summed E-state index contributed by atoms with van der Waals surface area (Å²) in [6.45, 7) is -0.238. The highest BCUT2D eigenvalue weighted by Crippen LogP contribution is 2.33. The third-order valence-electron chi connectivity index (χ3n) is 3.70. The first-order chi connectivity index (χ1) is 12.9. The fraction of sp³-hybridized carbons (Fsp3) is 0.111. The minimum Gasteiger partial charge on any atom is -0.478 e. The molecule has 0 radical (unpaired) electrons. The Labute approximate surface area is 163 Å². The van der Waals surface area contributed by atoms with Gasteiger partial charge in [-0.1, -0.05) is 36.1 Å². The number of carbonyl (C=O) groups excluding carboxylic acids is 2. The second-order valence-corrected chi connectivity index (χ2v) is 7.10. The van der Waals surface area contributed by atoms with Crippen molar-refractivity contribution in [3.63, 3.8) is 0 Å². The van der Waals surface area contributed by atoms with Gasteiger partial charge in [-0.15, -0.1) is 0 Å². The number of methoxy groups -OCH3 is 1. The van der Waals surface area contributed by atoms with Gasteiger partial charge in [-0.2, -0.15) is 0 Å². The Hall–Kier alpha value is -2.91. The number of nitrogens with zero attached hydrogens (tertiary/aromatic N) is 1. The zero-order valence-electron chi connectivity index (χ0n) is 14.0. The predicted octanol–water partition coefficient (Wildman–Crippen LogP) is 3.02. The second-order valence-electron chi connectivity index (χ2n) is 5.43. The summed E-state index contributed by atoms with van der Waals surface area (Å²) in [4.78, 5) is 36.2. The molecule has 9 heteroatoms. The number of amides is 1. The van der Waals surface area contributed by atoms with Crippen LogP contribution >= 0.6 is 24.0 Å². The summed E-state index contributed by atoms with van der Waals surface area (Å²) >= 11 is 6.21. The van der Waals surface area contributed by atoms with Gasteiger partial charge in [0.1, 0.15) is 22.4 Å². The Morgan fingerprint density at radius 1 is 1.26 bits per heavy atom. The smallest absolute Gasteiger partial charge is 0.335 e. The molecule has 1 aromatic heterocycles. The fourth-order valence-corrected chi connectivity index (χ4v) is 3.56. The van der Waals surface area contributed by atoms with Gasteiger partial charge in [0.05, 0.1) is 17.6 Å². The topological polar surface area (TPSA) is 97.0 Å². The molecular weight excluding hydrogens is 390 g/mol. The van der Waals surface area contributed by atoms with E-state index >= 15 is 0 Å². The Kier molecular flexibility index (Phi) is 5.43. The lowest BCUT2D eigenvalue weighted by Gasteiger charge is -2.11. The van der Waals surface area contributed by atoms with E-state index in [1.807, 2.05) is 0 Å². The van der Waals surface area contributed by atoms with Gasteiger partial charge in [-0.25, -0.2) is 4.79 Å². The Morgan fingerprint density at radius 2 is 1.96 bits per heavy atom. The lowest BCUT2D eigenvalue weighted by Crippen LogP contribution is -2.33. The third kappa shape index (κ3) is 4.09. The van der Waals surface area contributed by atoms with E-state index in [0.29, 0.717) is 22.0 Å². The van der Waals surface area contributed by atoms with Gasteiger partial charge >= 0.3 is 11.9 Å². The van der Waals surface area contributed by atoms with Crippen molar-refractivity contribution >= 4 is 52.2 Å². The van der Waals surface area contributed by atoms with E-state index in [4.69, 9.17) is 21.7 Å². The van der Waals surface area contributed by atoms with E-state index in [1.165, 1.54) is 24.1 Å². The average molecular weight is 403 g/mol. The molecule has 1 N–H and O–H groups in total. The number of carbonyl (C=O) groups is 3. The molecule has 0 aliphatic carbocycles. The van der Waals surface area contributed by atoms with Crippen LogP contribution in [-0.4, -0.2) is 45.8 Å². The summed E-state index contributed by atoms with van der Waals surface area (Å²) in [5.41, 5.74) is 0.887. The zero-order valence-corrected chi connectivity index (χ0v) is 15.6. The van der Waals surface area contributed by atoms with Crippen molar-refractivity contribution in [2.45, 2.75) is 0 Å². The van der Waals surface area contributed by atoms with E-state index < -0.39 is 11.9 Å². The van der Waals surface area contributed by atoms with E-state index in [2.05, 4.69) is 4.74 Å². The highest BCUT2D eigenvalue weighted by molar-refractivity contribution is 8.26. The van der Waals surface area contributed by atoms with Crippen molar-refractivity contribution in [2.24, 2.45) is 0 Å². The molecule has 27 heavy (non-hydrogen) atoms. The maximum Gasteiger partial charge on any atom is 0.335 e. The van der Waals surface area contributed by atoms with Crippen molar-refractivity contribution in [1.82, 2.24) is 4.90 Å². The number of carboxylic acids is 1. The van der Waals surface area contributed by atoms with Crippen LogP contribution in [0.3, 0.4) is 0 Å². The van der Waals surface area contributed by atoms with Gasteiger partial charge in [-0.3, -0.25) is 14.5 Å². The largest absolute Gasteiger partial charge is 0.478 e. The molecule has 2 heterocycles. The van der Waals surface area contributed by atoms with Gasteiger partial charge in [0.25, 0.3) is 5.91 Å². The van der Waals surface area contributed by atoms with Crippen molar-refractivity contribution in [1.29, 1.82) is 0 Å². The fourth-order valence-electron chi connectivity index (χ4n) is 2.32. The van der Waals surface area contributed by atoms with Gasteiger partial charge in [0.2, 0.25) is 0 Å². The minimum atomic E-state index is -1.00. The van der Waals surface area contributed by atoms with E-state index in [9.17, 15) is 14.4 Å². The molecular formula is C18H13NO6S2. The number of benzene rings is 1. The molecule has 0 spiro atoms. The number of furan rings is 1. The van der Waals surface area contributed by atoms with Crippen LogP contribution in [0.5, 0.6) is 0 Å². The maximum absolute atomic E-state index is 12.4. The number of carboxylic acid groups (broad SMARTS) is 1. The molecule has 2 aromatic rings. The zero-order chi connectivity index (χ0) is 19.6. The Balaban J connectivity index is 1.78. The summed E-state index contributed by atoms with van der Waals surface area (Å²) in [5, 5.41) is 8.94. The van der Waals surface area contributed by atoms with Crippen LogP contribution < -0.4 is 0 Å². The number of hydrogen-bond acceptors (Lipinski definition) is 7. The summed E-state index contributed by atoms with van der Waals surface area (Å²) in [7, 11) is 1.24.